The number of hydrogen-bond donors (Lipinski definition) is 2. The van der Waals surface area contributed by atoms with Crippen molar-refractivity contribution in [1.29, 1.82) is 0 Å². The van der Waals surface area contributed by atoms with Gasteiger partial charge in [-0.15, -0.1) is 0 Å². The van der Waals surface area contributed by atoms with E-state index in [0.717, 1.165) is 0 Å². The van der Waals surface area contributed by atoms with Gasteiger partial charge in [0.15, 0.2) is 0 Å². The molecule has 0 atom stereocenters. The molecule has 0 aromatic rings. The van der Waals surface area contributed by atoms with Crippen LogP contribution >= 0.6 is 0 Å². The standard InChI is InChI=1S/2CH2O3.2Na.7H2O/c2*2-1(3)4;;;;;;;;;/h2*(H2,2,3,4);;;7*1H2/q;;2*+1;;;;;;;/p-2. The first-order valence-electron chi connectivity index (χ1n) is 1.26. The summed E-state index contributed by atoms with van der Waals surface area (Å²) in [6.07, 6.45) is -4.17. The molecule has 0 fully saturated rings. The number of hydrogen-bond acceptors (Lipinski definition) is 4. The average molecular weight is 294 g/mol. The smallest absolute Gasteiger partial charge is 0.565 e. The molecule has 0 aliphatic carbocycles. The van der Waals surface area contributed by atoms with Gasteiger partial charge < -0.3 is 68.3 Å². The van der Waals surface area contributed by atoms with Gasteiger partial charge in [0.05, 0.1) is 0 Å². The predicted octanol–water partition coefficient (Wildman–Crippen LogP) is -14.0. The van der Waals surface area contributed by atoms with E-state index in [4.69, 9.17) is 30.0 Å². The van der Waals surface area contributed by atoms with Crippen molar-refractivity contribution in [3.63, 3.8) is 0 Å². The molecule has 0 saturated carbocycles. The Labute approximate surface area is 139 Å². The fourth-order valence-corrected chi connectivity index (χ4v) is 0. The van der Waals surface area contributed by atoms with Crippen LogP contribution in [0, 0.1) is 0 Å². The van der Waals surface area contributed by atoms with Crippen LogP contribution in [0.5, 0.6) is 0 Å². The maximum Gasteiger partial charge on any atom is 1.00 e. The predicted molar refractivity (Wildman–Crippen MR) is 41.3 cm³/mol. The molecule has 16 N–H and O–H groups in total. The van der Waals surface area contributed by atoms with Crippen LogP contribution in [0.2, 0.25) is 0 Å². The van der Waals surface area contributed by atoms with E-state index in [9.17, 15) is 0 Å². The summed E-state index contributed by atoms with van der Waals surface area (Å²) >= 11 is 0. The molecular formula is C2H16Na2O13. The molecule has 0 aliphatic rings. The van der Waals surface area contributed by atoms with Crippen LogP contribution in [0.4, 0.5) is 9.59 Å². The Morgan fingerprint density at radius 3 is 0.588 bits per heavy atom. The molecule has 0 radical (unpaired) electrons. The summed E-state index contributed by atoms with van der Waals surface area (Å²) in [5.74, 6) is 0. The third kappa shape index (κ3) is 48900. The SMILES string of the molecule is O.O.O.O.O.O.O.O=C([O-])O.O=C([O-])O.[Na+].[Na+]. The molecule has 0 bridgehead atoms. The average Bonchev–Trinajstić information content (AvgIpc) is 1.25. The van der Waals surface area contributed by atoms with Gasteiger partial charge in [0.1, 0.15) is 0 Å². The topological polar surface area (TPSA) is 341 Å². The molecule has 0 unspecified atom stereocenters. The van der Waals surface area contributed by atoms with Gasteiger partial charge in [-0.2, -0.15) is 0 Å². The third-order valence-corrected chi connectivity index (χ3v) is 0. The van der Waals surface area contributed by atoms with Crippen molar-refractivity contribution in [2.45, 2.75) is 0 Å². The number of carboxylic acid groups (broad SMARTS) is 4. The molecule has 0 amide bonds. The van der Waals surface area contributed by atoms with Gasteiger partial charge in [-0.05, 0) is 0 Å². The minimum absolute atomic E-state index is 0. The van der Waals surface area contributed by atoms with E-state index in [1.165, 1.54) is 0 Å². The molecule has 17 heavy (non-hydrogen) atoms. The van der Waals surface area contributed by atoms with E-state index in [1.54, 1.807) is 0 Å². The van der Waals surface area contributed by atoms with Crippen molar-refractivity contribution in [1.82, 2.24) is 0 Å². The van der Waals surface area contributed by atoms with Gasteiger partial charge >= 0.3 is 59.1 Å². The van der Waals surface area contributed by atoms with Gasteiger partial charge in [0.25, 0.3) is 0 Å². The molecule has 0 spiro atoms. The summed E-state index contributed by atoms with van der Waals surface area (Å²) in [5, 5.41) is 30.6. The zero-order valence-corrected chi connectivity index (χ0v) is 13.0. The molecule has 0 aliphatic heterocycles. The van der Waals surface area contributed by atoms with Crippen LogP contribution in [0.3, 0.4) is 0 Å². The first-order chi connectivity index (χ1) is 3.46. The van der Waals surface area contributed by atoms with Crippen LogP contribution in [0.1, 0.15) is 0 Å². The van der Waals surface area contributed by atoms with Gasteiger partial charge in [-0.1, -0.05) is 0 Å². The maximum atomic E-state index is 8.44. The summed E-state index contributed by atoms with van der Waals surface area (Å²) in [4.78, 5) is 16.9. The molecule has 0 aromatic carbocycles. The molecule has 0 heterocycles. The first kappa shape index (κ1) is 116. The number of rotatable bonds is 0. The van der Waals surface area contributed by atoms with Gasteiger partial charge in [0, 0.05) is 0 Å². The molecule has 15 heteroatoms. The Morgan fingerprint density at radius 2 is 0.588 bits per heavy atom. The molecule has 13 nitrogen and oxygen atoms in total. The van der Waals surface area contributed by atoms with Crippen molar-refractivity contribution in [2.24, 2.45) is 0 Å². The Hall–Kier alpha value is 0.260. The van der Waals surface area contributed by atoms with E-state index >= 15 is 0 Å². The van der Waals surface area contributed by atoms with Gasteiger partial charge in [-0.25, -0.2) is 0 Å². The maximum absolute atomic E-state index is 8.44. The second kappa shape index (κ2) is 96.6. The second-order valence-corrected chi connectivity index (χ2v) is 0.532. The minimum Gasteiger partial charge on any atom is -0.565 e. The van der Waals surface area contributed by atoms with Gasteiger partial charge in [0.2, 0.25) is 12.3 Å². The zero-order chi connectivity index (χ0) is 7.15. The van der Waals surface area contributed by atoms with Crippen LogP contribution in [-0.2, 0) is 0 Å². The summed E-state index contributed by atoms with van der Waals surface area (Å²) in [5.41, 5.74) is 0. The second-order valence-electron chi connectivity index (χ2n) is 0.532. The van der Waals surface area contributed by atoms with Gasteiger partial charge in [-0.3, -0.25) is 0 Å². The Balaban J connectivity index is -0.00000000308. The van der Waals surface area contributed by atoms with Crippen molar-refractivity contribution in [3.8, 4) is 0 Å². The van der Waals surface area contributed by atoms with Crippen molar-refractivity contribution < 1.29 is 127 Å². The summed E-state index contributed by atoms with van der Waals surface area (Å²) < 4.78 is 0. The third-order valence-electron chi connectivity index (χ3n) is 0. The number of carbonyl (C=O) groups is 2. The van der Waals surface area contributed by atoms with E-state index < -0.39 is 12.3 Å². The molecule has 0 saturated heterocycles. The fraction of sp³-hybridized carbons (Fsp3) is 0. The first-order valence-corrected chi connectivity index (χ1v) is 1.26. The summed E-state index contributed by atoms with van der Waals surface area (Å²) in [6.45, 7) is 0. The molecular weight excluding hydrogens is 278 g/mol. The molecule has 0 rings (SSSR count). The largest absolute Gasteiger partial charge is 1.00 e. The van der Waals surface area contributed by atoms with Crippen LogP contribution < -0.4 is 69.3 Å². The van der Waals surface area contributed by atoms with E-state index in [1.807, 2.05) is 0 Å². The summed E-state index contributed by atoms with van der Waals surface area (Å²) in [7, 11) is 0. The van der Waals surface area contributed by atoms with Crippen LogP contribution in [0.25, 0.3) is 0 Å². The molecule has 104 valence electrons. The van der Waals surface area contributed by atoms with E-state index in [0.29, 0.717) is 0 Å². The van der Waals surface area contributed by atoms with E-state index in [2.05, 4.69) is 0 Å². The normalized spacial score (nSPS) is 2.82. The van der Waals surface area contributed by atoms with Crippen LogP contribution in [0.15, 0.2) is 0 Å². The Kier molecular flexibility index (Phi) is 662. The van der Waals surface area contributed by atoms with Crippen molar-refractivity contribution in [3.05, 3.63) is 0 Å². The van der Waals surface area contributed by atoms with Crippen molar-refractivity contribution in [2.75, 3.05) is 0 Å². The Bertz CT molecular complexity index is 75.4. The van der Waals surface area contributed by atoms with E-state index in [-0.39, 0.29) is 97.4 Å². The molecule has 0 aromatic heterocycles. The monoisotopic (exact) mass is 294 g/mol. The van der Waals surface area contributed by atoms with Crippen molar-refractivity contribution >= 4 is 12.3 Å². The zero-order valence-electron chi connectivity index (χ0n) is 9.03. The Morgan fingerprint density at radius 1 is 0.588 bits per heavy atom. The quantitative estimate of drug-likeness (QED) is 0.407. The summed E-state index contributed by atoms with van der Waals surface area (Å²) in [6, 6.07) is 0. The minimum atomic E-state index is -2.08. The van der Waals surface area contributed by atoms with Crippen LogP contribution in [-0.4, -0.2) is 60.9 Å². The fourth-order valence-electron chi connectivity index (χ4n) is 0.